The first-order chi connectivity index (χ1) is 10.1. The van der Waals surface area contributed by atoms with Crippen LogP contribution >= 0.6 is 0 Å². The summed E-state index contributed by atoms with van der Waals surface area (Å²) >= 11 is 0. The van der Waals surface area contributed by atoms with Crippen molar-refractivity contribution in [1.29, 1.82) is 0 Å². The van der Waals surface area contributed by atoms with Crippen molar-refractivity contribution < 1.29 is 0 Å². The Labute approximate surface area is 132 Å². The lowest BCUT2D eigenvalue weighted by atomic mass is 9.81. The molecule has 3 unspecified atom stereocenters. The van der Waals surface area contributed by atoms with Gasteiger partial charge in [0.2, 0.25) is 0 Å². The molecule has 21 heavy (non-hydrogen) atoms. The monoisotopic (exact) mass is 292 g/mol. The van der Waals surface area contributed by atoms with Crippen LogP contribution in [0.3, 0.4) is 0 Å². The maximum absolute atomic E-state index is 3.96. The van der Waals surface area contributed by atoms with E-state index in [-0.39, 0.29) is 0 Å². The van der Waals surface area contributed by atoms with E-state index in [1.165, 1.54) is 71.0 Å². The molecule has 3 fully saturated rings. The molecule has 1 saturated heterocycles. The molecule has 3 rings (SSSR count). The molecule has 3 aliphatic rings. The zero-order chi connectivity index (χ0) is 14.9. The van der Waals surface area contributed by atoms with E-state index in [1.54, 1.807) is 0 Å². The van der Waals surface area contributed by atoms with Gasteiger partial charge in [-0.15, -0.1) is 0 Å². The molecule has 0 aromatic rings. The van der Waals surface area contributed by atoms with Gasteiger partial charge in [-0.2, -0.15) is 0 Å². The second-order valence-corrected chi connectivity index (χ2v) is 8.75. The topological polar surface area (TPSA) is 15.3 Å². The molecular formula is C19H36N2. The molecule has 0 radical (unpaired) electrons. The fraction of sp³-hybridized carbons (Fsp3) is 1.00. The van der Waals surface area contributed by atoms with Crippen LogP contribution in [-0.2, 0) is 0 Å². The Morgan fingerprint density at radius 1 is 1.14 bits per heavy atom. The number of nitrogens with one attached hydrogen (secondary N) is 1. The molecule has 2 saturated carbocycles. The van der Waals surface area contributed by atoms with Gasteiger partial charge < -0.3 is 5.32 Å². The fourth-order valence-corrected chi connectivity index (χ4v) is 5.31. The minimum absolute atomic E-state index is 0.478. The van der Waals surface area contributed by atoms with E-state index >= 15 is 0 Å². The van der Waals surface area contributed by atoms with Gasteiger partial charge in [0.05, 0.1) is 0 Å². The summed E-state index contributed by atoms with van der Waals surface area (Å²) in [7, 11) is 0. The minimum Gasteiger partial charge on any atom is -0.308 e. The quantitative estimate of drug-likeness (QED) is 0.844. The Morgan fingerprint density at radius 3 is 2.57 bits per heavy atom. The maximum Gasteiger partial charge on any atom is 0.0309 e. The number of hydrogen-bond acceptors (Lipinski definition) is 2. The summed E-state index contributed by atoms with van der Waals surface area (Å²) in [5, 5.41) is 3.96. The lowest BCUT2D eigenvalue weighted by molar-refractivity contribution is 0.0360. The van der Waals surface area contributed by atoms with Gasteiger partial charge in [0.25, 0.3) is 0 Å². The number of rotatable bonds is 3. The third kappa shape index (κ3) is 3.64. The molecule has 1 N–H and O–H groups in total. The van der Waals surface area contributed by atoms with Crippen molar-refractivity contribution in [2.75, 3.05) is 19.6 Å². The van der Waals surface area contributed by atoms with Crippen LogP contribution in [0.1, 0.15) is 72.1 Å². The van der Waals surface area contributed by atoms with E-state index in [1.807, 2.05) is 0 Å². The molecule has 1 spiro atoms. The van der Waals surface area contributed by atoms with E-state index < -0.39 is 0 Å². The predicted molar refractivity (Wildman–Crippen MR) is 90.5 cm³/mol. The third-order valence-corrected chi connectivity index (χ3v) is 6.53. The molecule has 0 aromatic carbocycles. The zero-order valence-electron chi connectivity index (χ0n) is 14.5. The lowest BCUT2D eigenvalue weighted by Gasteiger charge is -2.49. The first kappa shape index (κ1) is 15.8. The van der Waals surface area contributed by atoms with Gasteiger partial charge in [-0.1, -0.05) is 46.5 Å². The number of nitrogens with zero attached hydrogens (tertiary/aromatic N) is 1. The van der Waals surface area contributed by atoms with Gasteiger partial charge in [0.15, 0.2) is 0 Å². The summed E-state index contributed by atoms with van der Waals surface area (Å²) in [4.78, 5) is 2.90. The molecule has 0 amide bonds. The van der Waals surface area contributed by atoms with Crippen LogP contribution in [-0.4, -0.2) is 36.1 Å². The number of hydrogen-bond donors (Lipinski definition) is 1. The SMILES string of the molecule is CC1CCCC(CN2CC3(CCCC3)NCC2C(C)C)C1. The van der Waals surface area contributed by atoms with Crippen molar-refractivity contribution in [3.8, 4) is 0 Å². The molecule has 0 aromatic heterocycles. The van der Waals surface area contributed by atoms with Gasteiger partial charge in [-0.05, 0) is 43.4 Å². The molecule has 0 bridgehead atoms. The van der Waals surface area contributed by atoms with Crippen LogP contribution < -0.4 is 5.32 Å². The van der Waals surface area contributed by atoms with Gasteiger partial charge in [0, 0.05) is 31.2 Å². The van der Waals surface area contributed by atoms with E-state index in [2.05, 4.69) is 31.0 Å². The largest absolute Gasteiger partial charge is 0.308 e. The molecule has 1 aliphatic heterocycles. The molecule has 3 atom stereocenters. The van der Waals surface area contributed by atoms with Crippen molar-refractivity contribution >= 4 is 0 Å². The second-order valence-electron chi connectivity index (χ2n) is 8.75. The second kappa shape index (κ2) is 6.58. The standard InChI is InChI=1S/C19H36N2/c1-15(2)18-12-20-19(9-4-5-10-19)14-21(18)13-17-8-6-7-16(3)11-17/h15-18,20H,4-14H2,1-3H3. The Balaban J connectivity index is 1.65. The van der Waals surface area contributed by atoms with Gasteiger partial charge in [-0.25, -0.2) is 0 Å². The maximum atomic E-state index is 3.96. The average Bonchev–Trinajstić information content (AvgIpc) is 2.86. The highest BCUT2D eigenvalue weighted by Gasteiger charge is 2.42. The van der Waals surface area contributed by atoms with Crippen LogP contribution in [0.4, 0.5) is 0 Å². The highest BCUT2D eigenvalue weighted by atomic mass is 15.3. The summed E-state index contributed by atoms with van der Waals surface area (Å²) in [5.41, 5.74) is 0.478. The molecule has 122 valence electrons. The summed E-state index contributed by atoms with van der Waals surface area (Å²) in [6.07, 6.45) is 11.6. The van der Waals surface area contributed by atoms with E-state index in [9.17, 15) is 0 Å². The van der Waals surface area contributed by atoms with Crippen molar-refractivity contribution in [2.45, 2.75) is 83.7 Å². The van der Waals surface area contributed by atoms with Crippen molar-refractivity contribution in [3.63, 3.8) is 0 Å². The minimum atomic E-state index is 0.478. The van der Waals surface area contributed by atoms with E-state index in [0.29, 0.717) is 5.54 Å². The Morgan fingerprint density at radius 2 is 1.90 bits per heavy atom. The number of piperazine rings is 1. The predicted octanol–water partition coefficient (Wildman–Crippen LogP) is 4.06. The summed E-state index contributed by atoms with van der Waals surface area (Å²) in [6, 6.07) is 0.758. The molecule has 2 aliphatic carbocycles. The molecular weight excluding hydrogens is 256 g/mol. The van der Waals surface area contributed by atoms with Crippen molar-refractivity contribution in [3.05, 3.63) is 0 Å². The molecule has 2 heteroatoms. The first-order valence-electron chi connectivity index (χ1n) is 9.57. The molecule has 1 heterocycles. The van der Waals surface area contributed by atoms with E-state index in [0.717, 1.165) is 23.8 Å². The Kier molecular flexibility index (Phi) is 4.95. The van der Waals surface area contributed by atoms with Crippen LogP contribution in [0, 0.1) is 17.8 Å². The smallest absolute Gasteiger partial charge is 0.0309 e. The highest BCUT2D eigenvalue weighted by Crippen LogP contribution is 2.36. The molecule has 2 nitrogen and oxygen atoms in total. The first-order valence-corrected chi connectivity index (χ1v) is 9.57. The van der Waals surface area contributed by atoms with Crippen molar-refractivity contribution in [1.82, 2.24) is 10.2 Å². The summed E-state index contributed by atoms with van der Waals surface area (Å²) in [6.45, 7) is 11.2. The lowest BCUT2D eigenvalue weighted by Crippen LogP contribution is -2.65. The van der Waals surface area contributed by atoms with Gasteiger partial charge in [0.1, 0.15) is 0 Å². The van der Waals surface area contributed by atoms with Crippen LogP contribution in [0.25, 0.3) is 0 Å². The summed E-state index contributed by atoms with van der Waals surface area (Å²) < 4.78 is 0. The summed E-state index contributed by atoms with van der Waals surface area (Å²) in [5.74, 6) is 2.70. The van der Waals surface area contributed by atoms with Crippen LogP contribution in [0.15, 0.2) is 0 Å². The highest BCUT2D eigenvalue weighted by molar-refractivity contribution is 5.01. The van der Waals surface area contributed by atoms with E-state index in [4.69, 9.17) is 0 Å². The normalized spacial score (nSPS) is 37.4. The van der Waals surface area contributed by atoms with Crippen LogP contribution in [0.5, 0.6) is 0 Å². The Bertz CT molecular complexity index is 332. The van der Waals surface area contributed by atoms with Crippen molar-refractivity contribution in [2.24, 2.45) is 17.8 Å². The Hall–Kier alpha value is -0.0800. The van der Waals surface area contributed by atoms with Gasteiger partial charge >= 0.3 is 0 Å². The average molecular weight is 293 g/mol. The zero-order valence-corrected chi connectivity index (χ0v) is 14.5. The fourth-order valence-electron chi connectivity index (χ4n) is 5.31. The third-order valence-electron chi connectivity index (χ3n) is 6.53. The van der Waals surface area contributed by atoms with Gasteiger partial charge in [-0.3, -0.25) is 4.90 Å². The van der Waals surface area contributed by atoms with Crippen LogP contribution in [0.2, 0.25) is 0 Å².